The van der Waals surface area contributed by atoms with Crippen LogP contribution in [-0.2, 0) is 38.8 Å². The minimum absolute atomic E-state index is 0.134. The van der Waals surface area contributed by atoms with Crippen molar-refractivity contribution in [3.05, 3.63) is 108 Å². The number of hydrogen-bond donors (Lipinski definition) is 1. The molecule has 0 amide bonds. The molecule has 2 aliphatic carbocycles. The van der Waals surface area contributed by atoms with Gasteiger partial charge in [0.15, 0.2) is 0 Å². The van der Waals surface area contributed by atoms with E-state index in [1.54, 1.807) is 0 Å². The SMILES string of the molecule is OC[C@H]1O[C@@H](SC(C2CCCCC2)C2CCCCC2)[C@H](OCc2ccccc2)[C@@H](OCc2ccccc2)[C@@H]1OCc1ccccc1. The van der Waals surface area contributed by atoms with Gasteiger partial charge in [0.1, 0.15) is 29.9 Å². The van der Waals surface area contributed by atoms with Gasteiger partial charge in [0.05, 0.1) is 26.4 Å². The number of ether oxygens (including phenoxy) is 4. The molecule has 0 radical (unpaired) electrons. The quantitative estimate of drug-likeness (QED) is 0.189. The van der Waals surface area contributed by atoms with Crippen LogP contribution in [0.2, 0.25) is 0 Å². The van der Waals surface area contributed by atoms with Crippen molar-refractivity contribution in [1.29, 1.82) is 0 Å². The van der Waals surface area contributed by atoms with Crippen molar-refractivity contribution in [2.45, 2.75) is 119 Å². The van der Waals surface area contributed by atoms with E-state index in [1.807, 2.05) is 54.2 Å². The van der Waals surface area contributed by atoms with Gasteiger partial charge in [-0.05, 0) is 54.2 Å². The van der Waals surface area contributed by atoms with E-state index in [2.05, 4.69) is 48.5 Å². The molecule has 1 aliphatic heterocycles. The molecule has 6 rings (SSSR count). The summed E-state index contributed by atoms with van der Waals surface area (Å²) in [5.41, 5.74) is 3.03. The molecule has 1 N–H and O–H groups in total. The van der Waals surface area contributed by atoms with E-state index in [0.29, 0.717) is 36.9 Å². The highest BCUT2D eigenvalue weighted by molar-refractivity contribution is 8.00. The molecule has 0 unspecified atom stereocenters. The van der Waals surface area contributed by atoms with E-state index < -0.39 is 18.3 Å². The minimum atomic E-state index is -0.517. The lowest BCUT2D eigenvalue weighted by atomic mass is 9.77. The van der Waals surface area contributed by atoms with Crippen molar-refractivity contribution in [1.82, 2.24) is 0 Å². The van der Waals surface area contributed by atoms with Crippen LogP contribution >= 0.6 is 11.8 Å². The molecule has 6 heteroatoms. The number of hydrogen-bond acceptors (Lipinski definition) is 6. The first kappa shape index (κ1) is 33.7. The highest BCUT2D eigenvalue weighted by Gasteiger charge is 2.50. The Kier molecular flexibility index (Phi) is 13.1. The Morgan fingerprint density at radius 2 is 0.978 bits per heavy atom. The fourth-order valence-corrected chi connectivity index (χ4v) is 9.58. The average Bonchev–Trinajstić information content (AvgIpc) is 3.13. The Balaban J connectivity index is 1.31. The number of benzene rings is 3. The van der Waals surface area contributed by atoms with Crippen LogP contribution < -0.4 is 0 Å². The average molecular weight is 645 g/mol. The summed E-state index contributed by atoms with van der Waals surface area (Å²) in [7, 11) is 0. The molecule has 3 fully saturated rings. The molecule has 3 aromatic rings. The van der Waals surface area contributed by atoms with E-state index in [4.69, 9.17) is 18.9 Å². The lowest BCUT2D eigenvalue weighted by molar-refractivity contribution is -0.252. The Labute approximate surface area is 280 Å². The van der Waals surface area contributed by atoms with Crippen LogP contribution in [0.25, 0.3) is 0 Å². The van der Waals surface area contributed by atoms with Crippen LogP contribution in [-0.4, -0.2) is 46.8 Å². The number of rotatable bonds is 14. The summed E-state index contributed by atoms with van der Waals surface area (Å²) < 4.78 is 27.3. The topological polar surface area (TPSA) is 57.2 Å². The summed E-state index contributed by atoms with van der Waals surface area (Å²) in [5.74, 6) is 1.40. The molecular weight excluding hydrogens is 593 g/mol. The normalized spacial score (nSPS) is 26.3. The highest BCUT2D eigenvalue weighted by Crippen LogP contribution is 2.46. The third kappa shape index (κ3) is 9.24. The number of aliphatic hydroxyl groups excluding tert-OH is 1. The van der Waals surface area contributed by atoms with Gasteiger partial charge in [-0.1, -0.05) is 130 Å². The zero-order valence-electron chi connectivity index (χ0n) is 27.2. The van der Waals surface area contributed by atoms with Gasteiger partial charge < -0.3 is 24.1 Å². The number of thioether (sulfide) groups is 1. The fraction of sp³-hybridized carbons (Fsp3) is 0.550. The van der Waals surface area contributed by atoms with Gasteiger partial charge in [0.25, 0.3) is 0 Å². The Bertz CT molecular complexity index is 1230. The van der Waals surface area contributed by atoms with Crippen LogP contribution in [0.3, 0.4) is 0 Å². The molecule has 0 spiro atoms. The second kappa shape index (κ2) is 17.8. The van der Waals surface area contributed by atoms with E-state index in [-0.39, 0.29) is 18.1 Å². The molecule has 2 saturated carbocycles. The van der Waals surface area contributed by atoms with Crippen LogP contribution in [0.15, 0.2) is 91.0 Å². The van der Waals surface area contributed by atoms with Crippen LogP contribution in [0, 0.1) is 11.8 Å². The van der Waals surface area contributed by atoms with Gasteiger partial charge in [0.2, 0.25) is 0 Å². The summed E-state index contributed by atoms with van der Waals surface area (Å²) in [6.07, 6.45) is 11.4. The first-order chi connectivity index (χ1) is 22.8. The van der Waals surface area contributed by atoms with E-state index >= 15 is 0 Å². The predicted octanol–water partition coefficient (Wildman–Crippen LogP) is 8.72. The van der Waals surface area contributed by atoms with Crippen LogP contribution in [0.5, 0.6) is 0 Å². The van der Waals surface area contributed by atoms with Gasteiger partial charge in [-0.2, -0.15) is 0 Å². The minimum Gasteiger partial charge on any atom is -0.394 e. The highest BCUT2D eigenvalue weighted by atomic mass is 32.2. The predicted molar refractivity (Wildman–Crippen MR) is 185 cm³/mol. The molecule has 1 heterocycles. The van der Waals surface area contributed by atoms with Gasteiger partial charge in [-0.25, -0.2) is 0 Å². The molecule has 5 atom stereocenters. The zero-order valence-corrected chi connectivity index (χ0v) is 28.0. The van der Waals surface area contributed by atoms with Crippen LogP contribution in [0.4, 0.5) is 0 Å². The lowest BCUT2D eigenvalue weighted by Crippen LogP contribution is -2.60. The summed E-state index contributed by atoms with van der Waals surface area (Å²) in [6, 6.07) is 30.9. The third-order valence-electron chi connectivity index (χ3n) is 10.1. The molecule has 46 heavy (non-hydrogen) atoms. The molecule has 1 saturated heterocycles. The summed E-state index contributed by atoms with van der Waals surface area (Å²) in [6.45, 7) is 1.17. The first-order valence-electron chi connectivity index (χ1n) is 17.7. The second-order valence-corrected chi connectivity index (χ2v) is 14.7. The molecule has 0 aromatic heterocycles. The van der Waals surface area contributed by atoms with E-state index in [1.165, 1.54) is 64.2 Å². The zero-order chi connectivity index (χ0) is 31.4. The second-order valence-electron chi connectivity index (χ2n) is 13.4. The maximum absolute atomic E-state index is 10.8. The molecule has 248 valence electrons. The number of aliphatic hydroxyl groups is 1. The molecule has 3 aliphatic rings. The van der Waals surface area contributed by atoms with Gasteiger partial charge in [0, 0.05) is 5.25 Å². The van der Waals surface area contributed by atoms with E-state index in [9.17, 15) is 5.11 Å². The van der Waals surface area contributed by atoms with Crippen molar-refractivity contribution < 1.29 is 24.1 Å². The molecular formula is C40H52O5S. The van der Waals surface area contributed by atoms with Crippen molar-refractivity contribution in [3.63, 3.8) is 0 Å². The first-order valence-corrected chi connectivity index (χ1v) is 18.6. The standard InChI is InChI=1S/C40H52O5S/c41-26-35-36(42-27-30-16-6-1-7-17-30)37(43-28-31-18-8-2-9-19-31)38(44-29-32-20-10-3-11-21-32)40(45-35)46-39(33-22-12-4-13-23-33)34-24-14-5-15-25-34/h1-3,6-11,16-21,33-41H,4-5,12-15,22-29H2/t35-,36-,37+,38-,40+/m1/s1. The fourth-order valence-electron chi connectivity index (χ4n) is 7.69. The maximum atomic E-state index is 10.8. The molecule has 3 aromatic carbocycles. The van der Waals surface area contributed by atoms with Gasteiger partial charge >= 0.3 is 0 Å². The van der Waals surface area contributed by atoms with Crippen molar-refractivity contribution in [2.24, 2.45) is 11.8 Å². The maximum Gasteiger partial charge on any atom is 0.133 e. The van der Waals surface area contributed by atoms with Crippen molar-refractivity contribution in [2.75, 3.05) is 6.61 Å². The molecule has 5 nitrogen and oxygen atoms in total. The summed E-state index contributed by atoms with van der Waals surface area (Å²) in [5, 5.41) is 11.3. The van der Waals surface area contributed by atoms with E-state index in [0.717, 1.165) is 16.7 Å². The van der Waals surface area contributed by atoms with Gasteiger partial charge in [-0.15, -0.1) is 11.8 Å². The van der Waals surface area contributed by atoms with Crippen LogP contribution in [0.1, 0.15) is 80.9 Å². The largest absolute Gasteiger partial charge is 0.394 e. The Hall–Kier alpha value is -2.19. The lowest BCUT2D eigenvalue weighted by Gasteiger charge is -2.48. The Morgan fingerprint density at radius 1 is 0.565 bits per heavy atom. The summed E-state index contributed by atoms with van der Waals surface area (Å²) >= 11 is 1.99. The third-order valence-corrected chi connectivity index (χ3v) is 11.9. The molecule has 0 bridgehead atoms. The van der Waals surface area contributed by atoms with Gasteiger partial charge in [-0.3, -0.25) is 0 Å². The van der Waals surface area contributed by atoms with Crippen molar-refractivity contribution in [3.8, 4) is 0 Å². The Morgan fingerprint density at radius 3 is 1.41 bits per heavy atom. The smallest absolute Gasteiger partial charge is 0.133 e. The summed E-state index contributed by atoms with van der Waals surface area (Å²) in [4.78, 5) is 0. The van der Waals surface area contributed by atoms with Crippen molar-refractivity contribution >= 4 is 11.8 Å². The monoisotopic (exact) mass is 644 g/mol.